The van der Waals surface area contributed by atoms with Gasteiger partial charge in [0, 0.05) is 36.9 Å². The normalized spacial score (nSPS) is 14.3. The van der Waals surface area contributed by atoms with Crippen LogP contribution in [0.3, 0.4) is 0 Å². The number of anilines is 1. The first kappa shape index (κ1) is 18.5. The second-order valence-corrected chi connectivity index (χ2v) is 6.66. The molecule has 26 heavy (non-hydrogen) atoms. The summed E-state index contributed by atoms with van der Waals surface area (Å²) in [6.45, 7) is 1.30. The van der Waals surface area contributed by atoms with E-state index in [1.54, 1.807) is 29.2 Å². The molecule has 1 heterocycles. The van der Waals surface area contributed by atoms with Crippen molar-refractivity contribution in [3.63, 3.8) is 0 Å². The number of benzene rings is 2. The van der Waals surface area contributed by atoms with Crippen molar-refractivity contribution in [2.75, 3.05) is 31.5 Å². The Labute approximate surface area is 160 Å². The molecule has 0 aliphatic carbocycles. The molecule has 1 saturated heterocycles. The van der Waals surface area contributed by atoms with Crippen molar-refractivity contribution >= 4 is 40.8 Å². The lowest BCUT2D eigenvalue weighted by Gasteiger charge is -2.34. The molecule has 5 nitrogen and oxygen atoms in total. The highest BCUT2D eigenvalue weighted by Gasteiger charge is 2.27. The molecule has 8 heteroatoms. The van der Waals surface area contributed by atoms with E-state index in [0.29, 0.717) is 36.9 Å². The van der Waals surface area contributed by atoms with Crippen molar-refractivity contribution in [2.24, 2.45) is 0 Å². The molecule has 1 aliphatic rings. The van der Waals surface area contributed by atoms with Gasteiger partial charge in [0.15, 0.2) is 0 Å². The predicted octanol–water partition coefficient (Wildman–Crippen LogP) is 4.12. The molecule has 2 aromatic rings. The van der Waals surface area contributed by atoms with Crippen LogP contribution in [0, 0.1) is 5.82 Å². The predicted molar refractivity (Wildman–Crippen MR) is 99.4 cm³/mol. The number of nitrogens with one attached hydrogen (secondary N) is 1. The van der Waals surface area contributed by atoms with Crippen molar-refractivity contribution in [1.82, 2.24) is 9.80 Å². The van der Waals surface area contributed by atoms with Gasteiger partial charge in [0.2, 0.25) is 0 Å². The minimum absolute atomic E-state index is 0.0814. The first-order chi connectivity index (χ1) is 12.5. The van der Waals surface area contributed by atoms with Gasteiger partial charge in [0.1, 0.15) is 5.82 Å². The minimum atomic E-state index is -0.648. The summed E-state index contributed by atoms with van der Waals surface area (Å²) >= 11 is 11.8. The molecule has 3 amide bonds. The Morgan fingerprint density at radius 2 is 1.54 bits per heavy atom. The highest BCUT2D eigenvalue weighted by molar-refractivity contribution is 6.33. The topological polar surface area (TPSA) is 52.7 Å². The summed E-state index contributed by atoms with van der Waals surface area (Å²) in [5.74, 6) is -1.11. The fraction of sp³-hybridized carbons (Fsp3) is 0.222. The summed E-state index contributed by atoms with van der Waals surface area (Å²) in [5, 5.41) is 3.44. The number of piperazine rings is 1. The Morgan fingerprint density at radius 1 is 0.923 bits per heavy atom. The summed E-state index contributed by atoms with van der Waals surface area (Å²) in [6, 6.07) is 10.7. The Kier molecular flexibility index (Phi) is 5.64. The molecule has 1 fully saturated rings. The van der Waals surface area contributed by atoms with E-state index < -0.39 is 11.7 Å². The van der Waals surface area contributed by atoms with Crippen molar-refractivity contribution in [1.29, 1.82) is 0 Å². The molecule has 0 aromatic heterocycles. The van der Waals surface area contributed by atoms with Crippen LogP contribution in [0.15, 0.2) is 42.5 Å². The lowest BCUT2D eigenvalue weighted by Crippen LogP contribution is -2.51. The highest BCUT2D eigenvalue weighted by atomic mass is 35.5. The second-order valence-electron chi connectivity index (χ2n) is 5.81. The van der Waals surface area contributed by atoms with E-state index >= 15 is 0 Å². The first-order valence-corrected chi connectivity index (χ1v) is 8.76. The molecular formula is C18H16Cl2FN3O2. The maximum absolute atomic E-state index is 13.9. The van der Waals surface area contributed by atoms with Gasteiger partial charge in [0.25, 0.3) is 5.91 Å². The molecule has 0 saturated carbocycles. The lowest BCUT2D eigenvalue weighted by molar-refractivity contribution is 0.0667. The van der Waals surface area contributed by atoms with Crippen LogP contribution in [0.5, 0.6) is 0 Å². The molecule has 1 aliphatic heterocycles. The quantitative estimate of drug-likeness (QED) is 0.830. The standard InChI is InChI=1S/C18H16Cl2FN3O2/c19-12-4-6-13(7-5-12)22-18(26)24-10-8-23(9-11-24)17(25)16-14(20)2-1-3-15(16)21/h1-7H,8-11H2,(H,22,26). The Bertz CT molecular complexity index is 801. The largest absolute Gasteiger partial charge is 0.335 e. The van der Waals surface area contributed by atoms with Gasteiger partial charge in [-0.3, -0.25) is 4.79 Å². The third-order valence-electron chi connectivity index (χ3n) is 4.13. The summed E-state index contributed by atoms with van der Waals surface area (Å²) in [5.41, 5.74) is 0.504. The summed E-state index contributed by atoms with van der Waals surface area (Å²) < 4.78 is 13.9. The van der Waals surface area contributed by atoms with Gasteiger partial charge >= 0.3 is 6.03 Å². The van der Waals surface area contributed by atoms with Crippen LogP contribution in [-0.2, 0) is 0 Å². The van der Waals surface area contributed by atoms with E-state index in [-0.39, 0.29) is 16.6 Å². The second kappa shape index (κ2) is 7.93. The van der Waals surface area contributed by atoms with Crippen LogP contribution in [0.25, 0.3) is 0 Å². The monoisotopic (exact) mass is 395 g/mol. The average Bonchev–Trinajstić information content (AvgIpc) is 2.63. The van der Waals surface area contributed by atoms with Gasteiger partial charge in [-0.05, 0) is 36.4 Å². The summed E-state index contributed by atoms with van der Waals surface area (Å²) in [7, 11) is 0. The molecule has 3 rings (SSSR count). The van der Waals surface area contributed by atoms with Gasteiger partial charge in [-0.25, -0.2) is 9.18 Å². The van der Waals surface area contributed by atoms with E-state index in [0.717, 1.165) is 0 Å². The maximum atomic E-state index is 13.9. The number of amides is 3. The van der Waals surface area contributed by atoms with E-state index in [2.05, 4.69) is 5.32 Å². The SMILES string of the molecule is O=C(Nc1ccc(Cl)cc1)N1CCN(C(=O)c2c(F)cccc2Cl)CC1. The van der Waals surface area contributed by atoms with E-state index in [1.807, 2.05) is 0 Å². The number of nitrogens with zero attached hydrogens (tertiary/aromatic N) is 2. The number of carbonyl (C=O) groups excluding carboxylic acids is 2. The van der Waals surface area contributed by atoms with Crippen molar-refractivity contribution in [3.05, 3.63) is 63.9 Å². The molecule has 0 atom stereocenters. The smallest absolute Gasteiger partial charge is 0.321 e. The zero-order chi connectivity index (χ0) is 18.7. The number of hydrogen-bond acceptors (Lipinski definition) is 2. The maximum Gasteiger partial charge on any atom is 0.321 e. The number of hydrogen-bond donors (Lipinski definition) is 1. The number of halogens is 3. The van der Waals surface area contributed by atoms with Crippen LogP contribution in [0.1, 0.15) is 10.4 Å². The van der Waals surface area contributed by atoms with Gasteiger partial charge in [-0.1, -0.05) is 29.3 Å². The van der Waals surface area contributed by atoms with Crippen molar-refractivity contribution in [3.8, 4) is 0 Å². The van der Waals surface area contributed by atoms with Gasteiger partial charge in [-0.2, -0.15) is 0 Å². The fourth-order valence-electron chi connectivity index (χ4n) is 2.71. The van der Waals surface area contributed by atoms with E-state index in [1.165, 1.54) is 23.1 Å². The Balaban J connectivity index is 1.59. The van der Waals surface area contributed by atoms with Crippen LogP contribution >= 0.6 is 23.2 Å². The van der Waals surface area contributed by atoms with Crippen LogP contribution < -0.4 is 5.32 Å². The van der Waals surface area contributed by atoms with Crippen LogP contribution in [0.4, 0.5) is 14.9 Å². The minimum Gasteiger partial charge on any atom is -0.335 e. The molecule has 2 aromatic carbocycles. The van der Waals surface area contributed by atoms with Crippen LogP contribution in [0.2, 0.25) is 10.0 Å². The van der Waals surface area contributed by atoms with Gasteiger partial charge < -0.3 is 15.1 Å². The summed E-state index contributed by atoms with van der Waals surface area (Å²) in [4.78, 5) is 27.9. The van der Waals surface area contributed by atoms with E-state index in [9.17, 15) is 14.0 Å². The lowest BCUT2D eigenvalue weighted by atomic mass is 10.1. The molecule has 0 unspecified atom stereocenters. The zero-order valence-electron chi connectivity index (χ0n) is 13.7. The van der Waals surface area contributed by atoms with Gasteiger partial charge in [-0.15, -0.1) is 0 Å². The van der Waals surface area contributed by atoms with Crippen LogP contribution in [-0.4, -0.2) is 47.9 Å². The highest BCUT2D eigenvalue weighted by Crippen LogP contribution is 2.22. The zero-order valence-corrected chi connectivity index (χ0v) is 15.2. The fourth-order valence-corrected chi connectivity index (χ4v) is 3.08. The number of urea groups is 1. The summed E-state index contributed by atoms with van der Waals surface area (Å²) in [6.07, 6.45) is 0. The average molecular weight is 396 g/mol. The molecule has 136 valence electrons. The molecule has 0 radical (unpaired) electrons. The third kappa shape index (κ3) is 4.08. The first-order valence-electron chi connectivity index (χ1n) is 8.00. The molecule has 1 N–H and O–H groups in total. The Morgan fingerprint density at radius 3 is 2.15 bits per heavy atom. The third-order valence-corrected chi connectivity index (χ3v) is 4.69. The molecule has 0 bridgehead atoms. The molecular weight excluding hydrogens is 380 g/mol. The van der Waals surface area contributed by atoms with Crippen molar-refractivity contribution in [2.45, 2.75) is 0 Å². The number of rotatable bonds is 2. The van der Waals surface area contributed by atoms with Crippen molar-refractivity contribution < 1.29 is 14.0 Å². The van der Waals surface area contributed by atoms with E-state index in [4.69, 9.17) is 23.2 Å². The Hall–Kier alpha value is -2.31. The molecule has 0 spiro atoms. The number of carbonyl (C=O) groups is 2. The van der Waals surface area contributed by atoms with Gasteiger partial charge in [0.05, 0.1) is 10.6 Å².